The van der Waals surface area contributed by atoms with Crippen molar-refractivity contribution in [3.63, 3.8) is 0 Å². The lowest BCUT2D eigenvalue weighted by molar-refractivity contribution is 0.142. The van der Waals surface area contributed by atoms with Gasteiger partial charge in [-0.15, -0.1) is 0 Å². The molecule has 0 fully saturated rings. The van der Waals surface area contributed by atoms with Crippen LogP contribution in [0.3, 0.4) is 0 Å². The summed E-state index contributed by atoms with van der Waals surface area (Å²) in [5.41, 5.74) is 0. The summed E-state index contributed by atoms with van der Waals surface area (Å²) < 4.78 is 0. The van der Waals surface area contributed by atoms with Crippen LogP contribution in [0.5, 0.6) is 0 Å². The molecule has 2 nitrogen and oxygen atoms in total. The van der Waals surface area contributed by atoms with E-state index in [4.69, 9.17) is 0 Å². The van der Waals surface area contributed by atoms with Gasteiger partial charge in [-0.25, -0.2) is 0 Å². The van der Waals surface area contributed by atoms with E-state index < -0.39 is 0 Å². The third-order valence-electron chi connectivity index (χ3n) is 4.92. The SMILES string of the molecule is CCCCCCCCCCN1C=CN(CC)C1CCCCC. The van der Waals surface area contributed by atoms with E-state index in [0.717, 1.165) is 6.54 Å². The van der Waals surface area contributed by atoms with Gasteiger partial charge in [0.25, 0.3) is 0 Å². The number of hydrogen-bond donors (Lipinski definition) is 0. The van der Waals surface area contributed by atoms with Gasteiger partial charge in [0, 0.05) is 25.5 Å². The zero-order chi connectivity index (χ0) is 16.0. The molecule has 1 aliphatic heterocycles. The van der Waals surface area contributed by atoms with Crippen LogP contribution in [0.1, 0.15) is 97.8 Å². The van der Waals surface area contributed by atoms with Gasteiger partial charge in [0.05, 0.1) is 0 Å². The number of nitrogens with zero attached hydrogens (tertiary/aromatic N) is 2. The molecule has 1 heterocycles. The molecule has 0 saturated heterocycles. The molecule has 0 aromatic rings. The molecule has 1 atom stereocenters. The maximum Gasteiger partial charge on any atom is 0.101 e. The Balaban J connectivity index is 2.13. The first-order chi connectivity index (χ1) is 10.8. The number of unbranched alkanes of at least 4 members (excludes halogenated alkanes) is 9. The topological polar surface area (TPSA) is 6.48 Å². The van der Waals surface area contributed by atoms with Crippen molar-refractivity contribution < 1.29 is 0 Å². The Hall–Kier alpha value is -0.660. The van der Waals surface area contributed by atoms with Crippen LogP contribution in [0.2, 0.25) is 0 Å². The summed E-state index contributed by atoms with van der Waals surface area (Å²) in [6.07, 6.45) is 22.0. The largest absolute Gasteiger partial charge is 0.356 e. The van der Waals surface area contributed by atoms with Crippen LogP contribution in [0, 0.1) is 0 Å². The molecule has 0 aromatic carbocycles. The van der Waals surface area contributed by atoms with Crippen molar-refractivity contribution in [1.82, 2.24) is 9.80 Å². The Morgan fingerprint density at radius 2 is 1.18 bits per heavy atom. The van der Waals surface area contributed by atoms with Gasteiger partial charge in [-0.05, 0) is 26.2 Å². The van der Waals surface area contributed by atoms with E-state index in [0.29, 0.717) is 6.17 Å². The summed E-state index contributed by atoms with van der Waals surface area (Å²) in [5.74, 6) is 0. The molecule has 1 unspecified atom stereocenters. The van der Waals surface area contributed by atoms with Crippen molar-refractivity contribution in [2.24, 2.45) is 0 Å². The minimum atomic E-state index is 0.640. The summed E-state index contributed by atoms with van der Waals surface area (Å²) >= 11 is 0. The molecule has 0 amide bonds. The molecule has 2 heteroatoms. The second kappa shape index (κ2) is 12.8. The first kappa shape index (κ1) is 19.4. The minimum absolute atomic E-state index is 0.640. The second-order valence-electron chi connectivity index (χ2n) is 6.82. The highest BCUT2D eigenvalue weighted by atomic mass is 15.4. The van der Waals surface area contributed by atoms with Crippen molar-refractivity contribution >= 4 is 0 Å². The summed E-state index contributed by atoms with van der Waals surface area (Å²) in [6, 6.07) is 0. The van der Waals surface area contributed by atoms with E-state index in [9.17, 15) is 0 Å². The highest BCUT2D eigenvalue weighted by Gasteiger charge is 2.23. The molecule has 0 bridgehead atoms. The van der Waals surface area contributed by atoms with E-state index in [-0.39, 0.29) is 0 Å². The van der Waals surface area contributed by atoms with Gasteiger partial charge in [-0.3, -0.25) is 0 Å². The van der Waals surface area contributed by atoms with Crippen LogP contribution in [0.15, 0.2) is 12.4 Å². The molecule has 0 spiro atoms. The standard InChI is InChI=1S/C20H40N2/c1-4-7-9-10-11-12-13-15-17-22-19-18-21(6-3)20(22)16-14-8-5-2/h18-20H,4-17H2,1-3H3. The fourth-order valence-corrected chi connectivity index (χ4v) is 3.44. The molecule has 1 rings (SSSR count). The van der Waals surface area contributed by atoms with Crippen LogP contribution in [-0.2, 0) is 0 Å². The van der Waals surface area contributed by atoms with Crippen molar-refractivity contribution in [3.8, 4) is 0 Å². The Labute approximate surface area is 139 Å². The van der Waals surface area contributed by atoms with Gasteiger partial charge in [-0.1, -0.05) is 71.6 Å². The quantitative estimate of drug-likeness (QED) is 0.355. The van der Waals surface area contributed by atoms with E-state index in [1.807, 2.05) is 0 Å². The van der Waals surface area contributed by atoms with Crippen LogP contribution < -0.4 is 0 Å². The third kappa shape index (κ3) is 7.56. The normalized spacial score (nSPS) is 17.7. The van der Waals surface area contributed by atoms with Crippen molar-refractivity contribution in [3.05, 3.63) is 12.4 Å². The molecule has 0 N–H and O–H groups in total. The van der Waals surface area contributed by atoms with Crippen LogP contribution in [-0.4, -0.2) is 29.1 Å². The smallest absolute Gasteiger partial charge is 0.101 e. The Kier molecular flexibility index (Phi) is 11.3. The third-order valence-corrected chi connectivity index (χ3v) is 4.92. The van der Waals surface area contributed by atoms with Crippen molar-refractivity contribution in [1.29, 1.82) is 0 Å². The zero-order valence-corrected chi connectivity index (χ0v) is 15.5. The van der Waals surface area contributed by atoms with Gasteiger partial charge in [-0.2, -0.15) is 0 Å². The zero-order valence-electron chi connectivity index (χ0n) is 15.5. The molecule has 22 heavy (non-hydrogen) atoms. The average molecular weight is 309 g/mol. The average Bonchev–Trinajstić information content (AvgIpc) is 2.92. The van der Waals surface area contributed by atoms with Crippen LogP contribution in [0.4, 0.5) is 0 Å². The summed E-state index contributed by atoms with van der Waals surface area (Å²) in [4.78, 5) is 5.11. The van der Waals surface area contributed by atoms with Gasteiger partial charge < -0.3 is 9.80 Å². The van der Waals surface area contributed by atoms with Gasteiger partial charge >= 0.3 is 0 Å². The molecule has 1 aliphatic rings. The highest BCUT2D eigenvalue weighted by molar-refractivity contribution is 4.96. The van der Waals surface area contributed by atoms with E-state index in [2.05, 4.69) is 43.0 Å². The molecule has 0 radical (unpaired) electrons. The predicted octanol–water partition coefficient (Wildman–Crippen LogP) is 6.14. The predicted molar refractivity (Wildman–Crippen MR) is 98.8 cm³/mol. The fourth-order valence-electron chi connectivity index (χ4n) is 3.44. The lowest BCUT2D eigenvalue weighted by Gasteiger charge is -2.32. The van der Waals surface area contributed by atoms with Gasteiger partial charge in [0.2, 0.25) is 0 Å². The number of rotatable bonds is 14. The van der Waals surface area contributed by atoms with Crippen LogP contribution >= 0.6 is 0 Å². The van der Waals surface area contributed by atoms with E-state index in [1.165, 1.54) is 83.6 Å². The summed E-state index contributed by atoms with van der Waals surface area (Å²) in [5, 5.41) is 0. The lowest BCUT2D eigenvalue weighted by atomic mass is 10.1. The fraction of sp³-hybridized carbons (Fsp3) is 0.900. The molecule has 0 aromatic heterocycles. The first-order valence-corrected chi connectivity index (χ1v) is 10.0. The van der Waals surface area contributed by atoms with Crippen molar-refractivity contribution in [2.45, 2.75) is 104 Å². The maximum absolute atomic E-state index is 2.59. The Morgan fingerprint density at radius 3 is 1.82 bits per heavy atom. The Bertz CT molecular complexity index is 275. The van der Waals surface area contributed by atoms with E-state index >= 15 is 0 Å². The van der Waals surface area contributed by atoms with Crippen molar-refractivity contribution in [2.75, 3.05) is 13.1 Å². The number of hydrogen-bond acceptors (Lipinski definition) is 2. The minimum Gasteiger partial charge on any atom is -0.356 e. The second-order valence-corrected chi connectivity index (χ2v) is 6.82. The molecule has 0 saturated carbocycles. The highest BCUT2D eigenvalue weighted by Crippen LogP contribution is 2.22. The summed E-state index contributed by atoms with van der Waals surface area (Å²) in [6.45, 7) is 9.25. The molecular formula is C20H40N2. The lowest BCUT2D eigenvalue weighted by Crippen LogP contribution is -2.38. The van der Waals surface area contributed by atoms with Gasteiger partial charge in [0.1, 0.15) is 6.17 Å². The van der Waals surface area contributed by atoms with E-state index in [1.54, 1.807) is 0 Å². The Morgan fingerprint density at radius 1 is 0.636 bits per heavy atom. The maximum atomic E-state index is 2.59. The molecule has 0 aliphatic carbocycles. The first-order valence-electron chi connectivity index (χ1n) is 10.0. The molecule has 130 valence electrons. The molecular weight excluding hydrogens is 268 g/mol. The van der Waals surface area contributed by atoms with Gasteiger partial charge in [0.15, 0.2) is 0 Å². The monoisotopic (exact) mass is 308 g/mol. The van der Waals surface area contributed by atoms with Crippen LogP contribution in [0.25, 0.3) is 0 Å². The summed E-state index contributed by atoms with van der Waals surface area (Å²) in [7, 11) is 0.